The lowest BCUT2D eigenvalue weighted by atomic mass is 9.94. The SMILES string of the molecule is CSc1cc(NCCC2CCN(C)CC2)ncn1. The second kappa shape index (κ2) is 6.95. The van der Waals surface area contributed by atoms with Gasteiger partial charge in [-0.2, -0.15) is 0 Å². The highest BCUT2D eigenvalue weighted by Crippen LogP contribution is 2.20. The molecule has 0 aliphatic carbocycles. The van der Waals surface area contributed by atoms with Crippen LogP contribution in [0, 0.1) is 5.92 Å². The maximum atomic E-state index is 4.24. The van der Waals surface area contributed by atoms with Gasteiger partial charge in [0.05, 0.1) is 0 Å². The molecule has 2 rings (SSSR count). The Morgan fingerprint density at radius 2 is 2.17 bits per heavy atom. The first-order chi connectivity index (χ1) is 8.78. The minimum Gasteiger partial charge on any atom is -0.370 e. The lowest BCUT2D eigenvalue weighted by Crippen LogP contribution is -2.30. The molecular weight excluding hydrogens is 244 g/mol. The average molecular weight is 266 g/mol. The minimum absolute atomic E-state index is 0.871. The van der Waals surface area contributed by atoms with Gasteiger partial charge >= 0.3 is 0 Å². The molecule has 0 saturated carbocycles. The van der Waals surface area contributed by atoms with Gasteiger partial charge in [-0.25, -0.2) is 9.97 Å². The first kappa shape index (κ1) is 13.6. The van der Waals surface area contributed by atoms with Gasteiger partial charge in [0.1, 0.15) is 17.2 Å². The third-order valence-corrected chi connectivity index (χ3v) is 4.19. The number of anilines is 1. The number of nitrogens with one attached hydrogen (secondary N) is 1. The molecule has 1 aliphatic heterocycles. The number of nitrogens with zero attached hydrogens (tertiary/aromatic N) is 3. The van der Waals surface area contributed by atoms with E-state index in [9.17, 15) is 0 Å². The summed E-state index contributed by atoms with van der Waals surface area (Å²) in [6.07, 6.45) is 7.57. The zero-order chi connectivity index (χ0) is 12.8. The van der Waals surface area contributed by atoms with Crippen LogP contribution in [0.3, 0.4) is 0 Å². The Labute approximate surface area is 114 Å². The maximum Gasteiger partial charge on any atom is 0.130 e. The van der Waals surface area contributed by atoms with E-state index in [0.717, 1.165) is 23.3 Å². The van der Waals surface area contributed by atoms with E-state index in [1.165, 1.54) is 32.4 Å². The molecule has 0 aromatic carbocycles. The van der Waals surface area contributed by atoms with Crippen molar-refractivity contribution in [1.82, 2.24) is 14.9 Å². The summed E-state index contributed by atoms with van der Waals surface area (Å²) < 4.78 is 0. The third-order valence-electron chi connectivity index (χ3n) is 3.55. The third kappa shape index (κ3) is 4.14. The molecule has 0 spiro atoms. The highest BCUT2D eigenvalue weighted by Gasteiger charge is 2.15. The van der Waals surface area contributed by atoms with Gasteiger partial charge in [-0.05, 0) is 51.6 Å². The highest BCUT2D eigenvalue weighted by atomic mass is 32.2. The van der Waals surface area contributed by atoms with E-state index in [2.05, 4.69) is 27.2 Å². The molecule has 0 atom stereocenters. The number of rotatable bonds is 5. The molecule has 1 fully saturated rings. The fourth-order valence-corrected chi connectivity index (χ4v) is 2.68. The fraction of sp³-hybridized carbons (Fsp3) is 0.692. The van der Waals surface area contributed by atoms with Crippen LogP contribution in [0.4, 0.5) is 5.82 Å². The van der Waals surface area contributed by atoms with E-state index >= 15 is 0 Å². The van der Waals surface area contributed by atoms with E-state index < -0.39 is 0 Å². The molecule has 1 aromatic rings. The zero-order valence-electron chi connectivity index (χ0n) is 11.2. The van der Waals surface area contributed by atoms with Crippen molar-refractivity contribution < 1.29 is 0 Å². The fourth-order valence-electron chi connectivity index (χ4n) is 2.30. The summed E-state index contributed by atoms with van der Waals surface area (Å²) in [5.74, 6) is 1.82. The number of thioether (sulfide) groups is 1. The topological polar surface area (TPSA) is 41.0 Å². The Kier molecular flexibility index (Phi) is 5.26. The zero-order valence-corrected chi connectivity index (χ0v) is 12.0. The van der Waals surface area contributed by atoms with Crippen molar-refractivity contribution >= 4 is 17.6 Å². The number of likely N-dealkylation sites (tertiary alicyclic amines) is 1. The molecule has 1 N–H and O–H groups in total. The van der Waals surface area contributed by atoms with E-state index in [4.69, 9.17) is 0 Å². The van der Waals surface area contributed by atoms with E-state index in [0.29, 0.717) is 0 Å². The molecule has 5 heteroatoms. The molecular formula is C13H22N4S. The number of aromatic nitrogens is 2. The lowest BCUT2D eigenvalue weighted by Gasteiger charge is -2.28. The normalized spacial score (nSPS) is 17.9. The minimum atomic E-state index is 0.871. The predicted octanol–water partition coefficient (Wildman–Crippen LogP) is 2.34. The van der Waals surface area contributed by atoms with Crippen LogP contribution in [0.1, 0.15) is 19.3 Å². The maximum absolute atomic E-state index is 4.24. The number of piperidine rings is 1. The predicted molar refractivity (Wildman–Crippen MR) is 77.1 cm³/mol. The smallest absolute Gasteiger partial charge is 0.130 e. The van der Waals surface area contributed by atoms with Gasteiger partial charge < -0.3 is 10.2 Å². The van der Waals surface area contributed by atoms with Gasteiger partial charge in [-0.1, -0.05) is 0 Å². The van der Waals surface area contributed by atoms with Crippen molar-refractivity contribution in [3.05, 3.63) is 12.4 Å². The van der Waals surface area contributed by atoms with Gasteiger partial charge in [-0.3, -0.25) is 0 Å². The van der Waals surface area contributed by atoms with Crippen LogP contribution in [0.5, 0.6) is 0 Å². The molecule has 1 saturated heterocycles. The Morgan fingerprint density at radius 1 is 1.39 bits per heavy atom. The molecule has 1 aliphatic rings. The van der Waals surface area contributed by atoms with Crippen molar-refractivity contribution in [1.29, 1.82) is 0 Å². The van der Waals surface area contributed by atoms with Crippen molar-refractivity contribution in [2.24, 2.45) is 5.92 Å². The van der Waals surface area contributed by atoms with E-state index in [1.54, 1.807) is 18.1 Å². The van der Waals surface area contributed by atoms with Crippen molar-refractivity contribution in [3.8, 4) is 0 Å². The Balaban J connectivity index is 1.71. The van der Waals surface area contributed by atoms with Crippen LogP contribution in [0.15, 0.2) is 17.4 Å². The summed E-state index contributed by atoms with van der Waals surface area (Å²) in [6.45, 7) is 3.50. The van der Waals surface area contributed by atoms with Gasteiger partial charge in [-0.15, -0.1) is 11.8 Å². The summed E-state index contributed by atoms with van der Waals surface area (Å²) in [5, 5.41) is 4.42. The first-order valence-electron chi connectivity index (χ1n) is 6.56. The van der Waals surface area contributed by atoms with Gasteiger partial charge in [0.15, 0.2) is 0 Å². The van der Waals surface area contributed by atoms with E-state index in [1.807, 2.05) is 12.3 Å². The Bertz CT molecular complexity index is 364. The van der Waals surface area contributed by atoms with Crippen LogP contribution < -0.4 is 5.32 Å². The van der Waals surface area contributed by atoms with Crippen LogP contribution in [-0.2, 0) is 0 Å². The number of hydrogen-bond donors (Lipinski definition) is 1. The van der Waals surface area contributed by atoms with Crippen LogP contribution in [0.25, 0.3) is 0 Å². The van der Waals surface area contributed by atoms with Gasteiger partial charge in [0.2, 0.25) is 0 Å². The largest absolute Gasteiger partial charge is 0.370 e. The van der Waals surface area contributed by atoms with Crippen LogP contribution >= 0.6 is 11.8 Å². The van der Waals surface area contributed by atoms with E-state index in [-0.39, 0.29) is 0 Å². The quantitative estimate of drug-likeness (QED) is 0.654. The molecule has 1 aromatic heterocycles. The molecule has 100 valence electrons. The van der Waals surface area contributed by atoms with Crippen molar-refractivity contribution in [2.75, 3.05) is 38.3 Å². The van der Waals surface area contributed by atoms with Crippen LogP contribution in [0.2, 0.25) is 0 Å². The summed E-state index contributed by atoms with van der Waals surface area (Å²) in [6, 6.07) is 2.01. The molecule has 4 nitrogen and oxygen atoms in total. The Morgan fingerprint density at radius 3 is 2.89 bits per heavy atom. The Hall–Kier alpha value is -0.810. The summed E-state index contributed by atoms with van der Waals surface area (Å²) >= 11 is 1.65. The molecule has 18 heavy (non-hydrogen) atoms. The summed E-state index contributed by atoms with van der Waals surface area (Å²) in [7, 11) is 2.21. The highest BCUT2D eigenvalue weighted by molar-refractivity contribution is 7.98. The number of hydrogen-bond acceptors (Lipinski definition) is 5. The average Bonchev–Trinajstić information content (AvgIpc) is 2.41. The molecule has 0 radical (unpaired) electrons. The second-order valence-corrected chi connectivity index (χ2v) is 5.73. The molecule has 0 unspecified atom stereocenters. The first-order valence-corrected chi connectivity index (χ1v) is 7.79. The van der Waals surface area contributed by atoms with Gasteiger partial charge in [0, 0.05) is 12.6 Å². The van der Waals surface area contributed by atoms with Gasteiger partial charge in [0.25, 0.3) is 0 Å². The van der Waals surface area contributed by atoms with Crippen molar-refractivity contribution in [3.63, 3.8) is 0 Å². The molecule has 0 bridgehead atoms. The summed E-state index contributed by atoms with van der Waals surface area (Å²) in [5.41, 5.74) is 0. The molecule has 2 heterocycles. The lowest BCUT2D eigenvalue weighted by molar-refractivity contribution is 0.215. The molecule has 0 amide bonds. The standard InChI is InChI=1S/C13H22N4S/c1-17-7-4-11(5-8-17)3-6-14-12-9-13(18-2)16-10-15-12/h9-11H,3-8H2,1-2H3,(H,14,15,16). The van der Waals surface area contributed by atoms with Crippen molar-refractivity contribution in [2.45, 2.75) is 24.3 Å². The van der Waals surface area contributed by atoms with Crippen LogP contribution in [-0.4, -0.2) is 47.8 Å². The monoisotopic (exact) mass is 266 g/mol. The second-order valence-electron chi connectivity index (χ2n) is 4.91. The summed E-state index contributed by atoms with van der Waals surface area (Å²) in [4.78, 5) is 10.8.